The summed E-state index contributed by atoms with van der Waals surface area (Å²) in [6.07, 6.45) is 3.40. The molecule has 21 heavy (non-hydrogen) atoms. The molecular formula is C12H14N8S. The molecule has 0 aliphatic carbocycles. The van der Waals surface area contributed by atoms with Crippen molar-refractivity contribution >= 4 is 23.2 Å². The molecule has 9 heteroatoms. The van der Waals surface area contributed by atoms with Gasteiger partial charge in [-0.25, -0.2) is 10.5 Å². The number of nitrogen functional groups attached to an aromatic ring is 1. The molecule has 0 fully saturated rings. The highest BCUT2D eigenvalue weighted by molar-refractivity contribution is 7.07. The average molecular weight is 302 g/mol. The fourth-order valence-electron chi connectivity index (χ4n) is 1.78. The van der Waals surface area contributed by atoms with Crippen LogP contribution in [0.25, 0.3) is 5.95 Å². The number of aromatic nitrogens is 5. The zero-order chi connectivity index (χ0) is 14.7. The normalized spacial score (nSPS) is 12.1. The van der Waals surface area contributed by atoms with Gasteiger partial charge in [-0.1, -0.05) is 0 Å². The predicted molar refractivity (Wildman–Crippen MR) is 81.1 cm³/mol. The third-order valence-corrected chi connectivity index (χ3v) is 3.55. The van der Waals surface area contributed by atoms with Gasteiger partial charge in [0.1, 0.15) is 0 Å². The second-order valence-corrected chi connectivity index (χ2v) is 5.08. The van der Waals surface area contributed by atoms with E-state index < -0.39 is 0 Å². The third kappa shape index (κ3) is 2.98. The minimum Gasteiger partial charge on any atom is -0.347 e. The number of hydrogen-bond acceptors (Lipinski definition) is 8. The molecule has 0 aliphatic heterocycles. The third-order valence-electron chi connectivity index (χ3n) is 2.85. The van der Waals surface area contributed by atoms with Gasteiger partial charge in [-0.05, 0) is 35.4 Å². The summed E-state index contributed by atoms with van der Waals surface area (Å²) in [5.74, 6) is 6.51. The van der Waals surface area contributed by atoms with Gasteiger partial charge in [0.05, 0.1) is 6.04 Å². The Balaban J connectivity index is 1.89. The first-order valence-corrected chi connectivity index (χ1v) is 7.22. The molecule has 1 unspecified atom stereocenters. The van der Waals surface area contributed by atoms with Crippen LogP contribution in [0.15, 0.2) is 35.3 Å². The van der Waals surface area contributed by atoms with E-state index in [2.05, 4.69) is 42.2 Å². The number of anilines is 2. The minimum absolute atomic E-state index is 0.0785. The minimum atomic E-state index is 0.0785. The molecule has 108 valence electrons. The number of hydrogen-bond donors (Lipinski definition) is 3. The van der Waals surface area contributed by atoms with Crippen LogP contribution in [0.5, 0.6) is 0 Å². The van der Waals surface area contributed by atoms with Gasteiger partial charge in [0.2, 0.25) is 11.9 Å². The highest BCUT2D eigenvalue weighted by Gasteiger charge is 2.11. The molecular weight excluding hydrogens is 288 g/mol. The second-order valence-electron chi connectivity index (χ2n) is 4.30. The molecule has 1 atom stereocenters. The topological polar surface area (TPSA) is 107 Å². The highest BCUT2D eigenvalue weighted by Crippen LogP contribution is 2.20. The van der Waals surface area contributed by atoms with Crippen LogP contribution < -0.4 is 16.6 Å². The summed E-state index contributed by atoms with van der Waals surface area (Å²) in [5.41, 5.74) is 3.61. The van der Waals surface area contributed by atoms with Gasteiger partial charge in [0, 0.05) is 12.4 Å². The van der Waals surface area contributed by atoms with Crippen LogP contribution in [-0.4, -0.2) is 24.7 Å². The van der Waals surface area contributed by atoms with Crippen molar-refractivity contribution in [1.82, 2.24) is 24.7 Å². The van der Waals surface area contributed by atoms with Crippen molar-refractivity contribution in [2.75, 3.05) is 10.7 Å². The van der Waals surface area contributed by atoms with Crippen LogP contribution in [-0.2, 0) is 0 Å². The molecule has 0 aromatic carbocycles. The van der Waals surface area contributed by atoms with Crippen molar-refractivity contribution in [3.8, 4) is 5.95 Å². The molecule has 0 aliphatic rings. The lowest BCUT2D eigenvalue weighted by molar-refractivity contribution is 0.785. The maximum atomic E-state index is 5.41. The number of nitrogens with two attached hydrogens (primary N) is 1. The van der Waals surface area contributed by atoms with Gasteiger partial charge >= 0.3 is 0 Å². The van der Waals surface area contributed by atoms with E-state index in [1.165, 1.54) is 5.56 Å². The molecule has 8 nitrogen and oxygen atoms in total. The van der Waals surface area contributed by atoms with E-state index in [-0.39, 0.29) is 12.0 Å². The lowest BCUT2D eigenvalue weighted by Crippen LogP contribution is -2.17. The van der Waals surface area contributed by atoms with E-state index in [1.54, 1.807) is 34.5 Å². The standard InChI is InChI=1S/C12H14N8S/c1-8(9-3-6-21-7-9)15-10-16-11(19-13)18-12(17-10)20-5-2-4-14-20/h2-8H,13H2,1H3,(H2,15,16,17,18,19). The van der Waals surface area contributed by atoms with Crippen molar-refractivity contribution in [3.63, 3.8) is 0 Å². The second kappa shape index (κ2) is 5.85. The lowest BCUT2D eigenvalue weighted by atomic mass is 10.2. The SMILES string of the molecule is CC(Nc1nc(NN)nc(-n2cccn2)n1)c1ccsc1. The molecule has 3 heterocycles. The first-order valence-electron chi connectivity index (χ1n) is 6.27. The van der Waals surface area contributed by atoms with E-state index in [0.29, 0.717) is 11.9 Å². The van der Waals surface area contributed by atoms with Crippen LogP contribution in [0.3, 0.4) is 0 Å². The Morgan fingerprint density at radius 2 is 2.14 bits per heavy atom. The van der Waals surface area contributed by atoms with Crippen molar-refractivity contribution in [2.45, 2.75) is 13.0 Å². The number of rotatable bonds is 5. The monoisotopic (exact) mass is 302 g/mol. The first-order chi connectivity index (χ1) is 10.3. The van der Waals surface area contributed by atoms with E-state index in [9.17, 15) is 0 Å². The van der Waals surface area contributed by atoms with E-state index in [1.807, 2.05) is 12.3 Å². The van der Waals surface area contributed by atoms with Gasteiger partial charge in [0.15, 0.2) is 0 Å². The van der Waals surface area contributed by atoms with Gasteiger partial charge in [-0.3, -0.25) is 5.43 Å². The summed E-state index contributed by atoms with van der Waals surface area (Å²) in [6, 6.07) is 3.93. The maximum absolute atomic E-state index is 5.41. The first kappa shape index (κ1) is 13.5. The molecule has 3 aromatic heterocycles. The van der Waals surface area contributed by atoms with Crippen molar-refractivity contribution < 1.29 is 0 Å². The molecule has 3 rings (SSSR count). The molecule has 0 saturated carbocycles. The van der Waals surface area contributed by atoms with Gasteiger partial charge in [-0.15, -0.1) is 0 Å². The Hall–Kier alpha value is -2.52. The number of thiophene rings is 1. The number of nitrogens with one attached hydrogen (secondary N) is 2. The van der Waals surface area contributed by atoms with E-state index in [4.69, 9.17) is 5.84 Å². The molecule has 0 spiro atoms. The molecule has 4 N–H and O–H groups in total. The predicted octanol–water partition coefficient (Wildman–Crippen LogP) is 1.58. The Labute approximate surface area is 125 Å². The summed E-state index contributed by atoms with van der Waals surface area (Å²) in [7, 11) is 0. The van der Waals surface area contributed by atoms with Gasteiger partial charge < -0.3 is 5.32 Å². The van der Waals surface area contributed by atoms with Crippen molar-refractivity contribution in [1.29, 1.82) is 0 Å². The van der Waals surface area contributed by atoms with E-state index in [0.717, 1.165) is 0 Å². The van der Waals surface area contributed by atoms with E-state index >= 15 is 0 Å². The number of hydrazine groups is 1. The maximum Gasteiger partial charge on any atom is 0.257 e. The molecule has 0 radical (unpaired) electrons. The van der Waals surface area contributed by atoms with Crippen LogP contribution in [0, 0.1) is 0 Å². The summed E-state index contributed by atoms with van der Waals surface area (Å²) >= 11 is 1.65. The molecule has 0 amide bonds. The summed E-state index contributed by atoms with van der Waals surface area (Å²) in [4.78, 5) is 12.7. The lowest BCUT2D eigenvalue weighted by Gasteiger charge is -2.13. The summed E-state index contributed by atoms with van der Waals surface area (Å²) in [6.45, 7) is 2.04. The molecule has 0 saturated heterocycles. The Bertz CT molecular complexity index is 694. The van der Waals surface area contributed by atoms with Crippen LogP contribution >= 0.6 is 11.3 Å². The Morgan fingerprint density at radius 3 is 2.81 bits per heavy atom. The quantitative estimate of drug-likeness (QED) is 0.485. The average Bonchev–Trinajstić information content (AvgIpc) is 3.19. The molecule has 0 bridgehead atoms. The van der Waals surface area contributed by atoms with Gasteiger partial charge in [0.25, 0.3) is 5.95 Å². The molecule has 3 aromatic rings. The smallest absolute Gasteiger partial charge is 0.257 e. The summed E-state index contributed by atoms with van der Waals surface area (Å²) < 4.78 is 1.54. The zero-order valence-corrected chi connectivity index (χ0v) is 12.1. The Morgan fingerprint density at radius 1 is 1.29 bits per heavy atom. The van der Waals surface area contributed by atoms with Gasteiger partial charge in [-0.2, -0.15) is 31.4 Å². The highest BCUT2D eigenvalue weighted by atomic mass is 32.1. The van der Waals surface area contributed by atoms with Crippen LogP contribution in [0.1, 0.15) is 18.5 Å². The van der Waals surface area contributed by atoms with Crippen molar-refractivity contribution in [2.24, 2.45) is 5.84 Å². The van der Waals surface area contributed by atoms with Crippen LogP contribution in [0.2, 0.25) is 0 Å². The fraction of sp³-hybridized carbons (Fsp3) is 0.167. The van der Waals surface area contributed by atoms with Crippen LogP contribution in [0.4, 0.5) is 11.9 Å². The Kier molecular flexibility index (Phi) is 3.75. The fourth-order valence-corrected chi connectivity index (χ4v) is 2.54. The summed E-state index contributed by atoms with van der Waals surface area (Å²) in [5, 5.41) is 11.4. The largest absolute Gasteiger partial charge is 0.347 e. The van der Waals surface area contributed by atoms with Crippen molar-refractivity contribution in [3.05, 3.63) is 40.8 Å². The number of nitrogens with zero attached hydrogens (tertiary/aromatic N) is 5. The zero-order valence-electron chi connectivity index (χ0n) is 11.3.